The lowest BCUT2D eigenvalue weighted by Gasteiger charge is -2.18. The number of fused-ring (bicyclic) bond motifs is 3. The molecule has 2 heteroatoms. The summed E-state index contributed by atoms with van der Waals surface area (Å²) in [7, 11) is 0. The molecule has 3 N–H and O–H groups in total. The molecule has 0 atom stereocenters. The molecule has 0 aliphatic rings. The van der Waals surface area contributed by atoms with Gasteiger partial charge in [0.1, 0.15) is 0 Å². The highest BCUT2D eigenvalue weighted by Gasteiger charge is 2.17. The van der Waals surface area contributed by atoms with Crippen molar-refractivity contribution in [2.75, 3.05) is 0 Å². The van der Waals surface area contributed by atoms with Gasteiger partial charge in [0.2, 0.25) is 0 Å². The molecule has 6 rings (SSSR count). The van der Waals surface area contributed by atoms with Crippen molar-refractivity contribution in [3.63, 3.8) is 0 Å². The summed E-state index contributed by atoms with van der Waals surface area (Å²) in [6, 6.07) is 41.2. The fourth-order valence-corrected chi connectivity index (χ4v) is 5.83. The van der Waals surface area contributed by atoms with Gasteiger partial charge in [-0.15, -0.1) is 0 Å². The normalized spacial score (nSPS) is 12.7. The van der Waals surface area contributed by atoms with Crippen molar-refractivity contribution >= 4 is 44.1 Å². The van der Waals surface area contributed by atoms with E-state index < -0.39 is 0 Å². The summed E-state index contributed by atoms with van der Waals surface area (Å²) in [5, 5.41) is 15.5. The summed E-state index contributed by atoms with van der Waals surface area (Å²) >= 11 is 0. The fourth-order valence-electron chi connectivity index (χ4n) is 5.83. The first-order valence-electron chi connectivity index (χ1n) is 14.5. The van der Waals surface area contributed by atoms with Gasteiger partial charge in [0.25, 0.3) is 0 Å². The second-order valence-corrected chi connectivity index (χ2v) is 10.9. The lowest BCUT2D eigenvalue weighted by atomic mass is 9.85. The second kappa shape index (κ2) is 11.8. The summed E-state index contributed by atoms with van der Waals surface area (Å²) in [5.41, 5.74) is 15.1. The van der Waals surface area contributed by atoms with Gasteiger partial charge in [-0.2, -0.15) is 0 Å². The predicted molar refractivity (Wildman–Crippen MR) is 187 cm³/mol. The minimum absolute atomic E-state index is 0.594. The minimum atomic E-state index is 0.594. The van der Waals surface area contributed by atoms with Crippen molar-refractivity contribution in [3.8, 4) is 22.3 Å². The number of rotatable bonds is 7. The summed E-state index contributed by atoms with van der Waals surface area (Å²) in [5.74, 6) is 0. The summed E-state index contributed by atoms with van der Waals surface area (Å²) in [4.78, 5) is 0. The molecule has 0 aliphatic carbocycles. The van der Waals surface area contributed by atoms with Gasteiger partial charge in [0.05, 0.1) is 0 Å². The number of allylic oxidation sites excluding steroid dienone is 5. The molecule has 0 aliphatic heterocycles. The zero-order valence-corrected chi connectivity index (χ0v) is 24.6. The zero-order valence-electron chi connectivity index (χ0n) is 24.6. The Balaban J connectivity index is 1.49. The van der Waals surface area contributed by atoms with E-state index in [0.717, 1.165) is 22.3 Å². The first kappa shape index (κ1) is 27.7. The van der Waals surface area contributed by atoms with E-state index in [4.69, 9.17) is 11.1 Å². The Morgan fingerprint density at radius 2 is 1.16 bits per heavy atom. The van der Waals surface area contributed by atoms with Crippen LogP contribution in [0.3, 0.4) is 0 Å². The maximum Gasteiger partial charge on any atom is 0.0384 e. The summed E-state index contributed by atoms with van der Waals surface area (Å²) in [6.45, 7) is 8.12. The van der Waals surface area contributed by atoms with E-state index >= 15 is 0 Å². The molecule has 0 saturated heterocycles. The molecule has 43 heavy (non-hydrogen) atoms. The van der Waals surface area contributed by atoms with Crippen molar-refractivity contribution in [2.24, 2.45) is 5.73 Å². The highest BCUT2D eigenvalue weighted by molar-refractivity contribution is 6.21. The quantitative estimate of drug-likeness (QED) is 0.115. The van der Waals surface area contributed by atoms with Gasteiger partial charge >= 0.3 is 0 Å². The molecular weight excluding hydrogens is 520 g/mol. The van der Waals surface area contributed by atoms with Crippen molar-refractivity contribution in [2.45, 2.75) is 13.8 Å². The summed E-state index contributed by atoms with van der Waals surface area (Å²) < 4.78 is 0. The zero-order chi connectivity index (χ0) is 29.9. The smallest absolute Gasteiger partial charge is 0.0384 e. The number of nitrogens with two attached hydrogens (primary N) is 1. The maximum atomic E-state index is 8.09. The highest BCUT2D eigenvalue weighted by atomic mass is 14.6. The SMILES string of the molecule is C=C(/C=C(\C=N)c1ccc(-c2c3ccccc3c(-c3ccc4ccccc4c3)c3ccccc23)cc1)/C(N)=C/C(C)=C\C. The number of hydrogen-bond acceptors (Lipinski definition) is 2. The van der Waals surface area contributed by atoms with Crippen LogP contribution in [0.4, 0.5) is 0 Å². The van der Waals surface area contributed by atoms with Gasteiger partial charge in [-0.05, 0) is 103 Å². The number of hydrogen-bond donors (Lipinski definition) is 2. The molecule has 6 aromatic carbocycles. The minimum Gasteiger partial charge on any atom is -0.398 e. The monoisotopic (exact) mass is 554 g/mol. The van der Waals surface area contributed by atoms with Gasteiger partial charge in [-0.25, -0.2) is 0 Å². The van der Waals surface area contributed by atoms with Gasteiger partial charge in [-0.3, -0.25) is 0 Å². The molecule has 0 fully saturated rings. The van der Waals surface area contributed by atoms with Gasteiger partial charge < -0.3 is 11.1 Å². The van der Waals surface area contributed by atoms with Crippen molar-refractivity contribution in [3.05, 3.63) is 162 Å². The number of benzene rings is 6. The van der Waals surface area contributed by atoms with Gasteiger partial charge in [-0.1, -0.05) is 127 Å². The Kier molecular flexibility index (Phi) is 7.59. The van der Waals surface area contributed by atoms with Crippen LogP contribution in [-0.2, 0) is 0 Å². The van der Waals surface area contributed by atoms with Crippen LogP contribution < -0.4 is 5.73 Å². The van der Waals surface area contributed by atoms with Crippen molar-refractivity contribution < 1.29 is 0 Å². The Bertz CT molecular complexity index is 2070. The van der Waals surface area contributed by atoms with Crippen LogP contribution in [0.2, 0.25) is 0 Å². The van der Waals surface area contributed by atoms with Gasteiger partial charge in [0.15, 0.2) is 0 Å². The molecule has 0 unspecified atom stereocenters. The van der Waals surface area contributed by atoms with Crippen LogP contribution in [0, 0.1) is 5.41 Å². The van der Waals surface area contributed by atoms with E-state index in [0.29, 0.717) is 11.3 Å². The van der Waals surface area contributed by atoms with Gasteiger partial charge in [0, 0.05) is 11.9 Å². The largest absolute Gasteiger partial charge is 0.398 e. The van der Waals surface area contributed by atoms with Crippen LogP contribution in [0.15, 0.2) is 157 Å². The third-order valence-corrected chi connectivity index (χ3v) is 8.17. The molecule has 0 radical (unpaired) electrons. The molecule has 208 valence electrons. The Labute approximate surface area is 253 Å². The van der Waals surface area contributed by atoms with Crippen molar-refractivity contribution in [1.82, 2.24) is 0 Å². The van der Waals surface area contributed by atoms with Crippen LogP contribution in [-0.4, -0.2) is 6.21 Å². The average molecular weight is 555 g/mol. The molecule has 6 aromatic rings. The van der Waals surface area contributed by atoms with Crippen LogP contribution in [0.25, 0.3) is 60.1 Å². The first-order valence-corrected chi connectivity index (χ1v) is 14.5. The van der Waals surface area contributed by atoms with Crippen LogP contribution in [0.1, 0.15) is 19.4 Å². The second-order valence-electron chi connectivity index (χ2n) is 10.9. The van der Waals surface area contributed by atoms with E-state index in [9.17, 15) is 0 Å². The third kappa shape index (κ3) is 5.31. The average Bonchev–Trinajstić information content (AvgIpc) is 3.05. The highest BCUT2D eigenvalue weighted by Crippen LogP contribution is 2.44. The number of nitrogens with one attached hydrogen (secondary N) is 1. The van der Waals surface area contributed by atoms with Crippen molar-refractivity contribution in [1.29, 1.82) is 5.41 Å². The standard InChI is InChI=1S/C41H34N2/c1-4-27(2)23-39(43)28(3)24-34(26-42)30-17-20-31(21-18-30)40-35-13-7-9-15-37(35)41(38-16-10-8-14-36(38)40)33-22-19-29-11-5-6-12-32(29)25-33/h4-26,42H,3,43H2,1-2H3/b27-4-,34-24+,39-23-,42-26?. The van der Waals surface area contributed by atoms with E-state index in [1.807, 2.05) is 32.1 Å². The maximum absolute atomic E-state index is 8.09. The van der Waals surface area contributed by atoms with E-state index in [2.05, 4.69) is 122 Å². The topological polar surface area (TPSA) is 49.9 Å². The lowest BCUT2D eigenvalue weighted by molar-refractivity contribution is 1.32. The van der Waals surface area contributed by atoms with E-state index in [1.165, 1.54) is 55.2 Å². The third-order valence-electron chi connectivity index (χ3n) is 8.17. The van der Waals surface area contributed by atoms with E-state index in [1.54, 1.807) is 0 Å². The predicted octanol–water partition coefficient (Wildman–Crippen LogP) is 10.9. The molecule has 0 spiro atoms. The molecule has 0 aromatic heterocycles. The molecule has 0 amide bonds. The lowest BCUT2D eigenvalue weighted by Crippen LogP contribution is -2.00. The molecule has 0 heterocycles. The fraction of sp³-hybridized carbons (Fsp3) is 0.0488. The summed E-state index contributed by atoms with van der Waals surface area (Å²) in [6.07, 6.45) is 7.14. The molecule has 2 nitrogen and oxygen atoms in total. The molecular formula is C41H34N2. The molecule has 0 bridgehead atoms. The van der Waals surface area contributed by atoms with Crippen LogP contribution in [0.5, 0.6) is 0 Å². The Morgan fingerprint density at radius 3 is 1.72 bits per heavy atom. The first-order chi connectivity index (χ1) is 21.0. The van der Waals surface area contributed by atoms with E-state index in [-0.39, 0.29) is 0 Å². The molecule has 0 saturated carbocycles. The Hall–Kier alpha value is -5.47. The Morgan fingerprint density at radius 1 is 0.651 bits per heavy atom. The van der Waals surface area contributed by atoms with Crippen LogP contribution >= 0.6 is 0 Å².